The first-order valence-electron chi connectivity index (χ1n) is 10.7. The largest absolute Gasteiger partial charge is 0.478 e. The summed E-state index contributed by atoms with van der Waals surface area (Å²) in [6.07, 6.45) is 28.8. The SMILES string of the molecule is C1CNCCN1.CCCCCCCCC/C=C/C=C/C=C/C=C/C=C/C(=O)O. The van der Waals surface area contributed by atoms with E-state index in [4.69, 9.17) is 5.11 Å². The number of nitrogens with one attached hydrogen (secondary N) is 2. The van der Waals surface area contributed by atoms with Gasteiger partial charge in [0.25, 0.3) is 0 Å². The molecule has 0 radical (unpaired) electrons. The van der Waals surface area contributed by atoms with E-state index >= 15 is 0 Å². The van der Waals surface area contributed by atoms with Gasteiger partial charge in [-0.2, -0.15) is 0 Å². The highest BCUT2D eigenvalue weighted by Crippen LogP contribution is 2.08. The first kappa shape index (κ1) is 26.1. The third-order valence-corrected chi connectivity index (χ3v) is 4.08. The topological polar surface area (TPSA) is 61.4 Å². The summed E-state index contributed by atoms with van der Waals surface area (Å²) in [6, 6.07) is 0. The van der Waals surface area contributed by atoms with Crippen LogP contribution in [0.25, 0.3) is 0 Å². The van der Waals surface area contributed by atoms with Gasteiger partial charge in [0.15, 0.2) is 0 Å². The molecule has 4 nitrogen and oxygen atoms in total. The monoisotopic (exact) mass is 388 g/mol. The van der Waals surface area contributed by atoms with Gasteiger partial charge in [-0.15, -0.1) is 0 Å². The molecule has 158 valence electrons. The van der Waals surface area contributed by atoms with Crippen LogP contribution in [0.2, 0.25) is 0 Å². The molecule has 0 aliphatic carbocycles. The molecule has 3 N–H and O–H groups in total. The molecule has 1 fully saturated rings. The molecule has 0 aromatic rings. The highest BCUT2D eigenvalue weighted by molar-refractivity contribution is 5.80. The van der Waals surface area contributed by atoms with Crippen molar-refractivity contribution in [2.75, 3.05) is 26.2 Å². The molecule has 1 heterocycles. The van der Waals surface area contributed by atoms with Crippen molar-refractivity contribution in [3.63, 3.8) is 0 Å². The Balaban J connectivity index is 0.00000102. The van der Waals surface area contributed by atoms with Crippen molar-refractivity contribution in [3.8, 4) is 0 Å². The van der Waals surface area contributed by atoms with Crippen molar-refractivity contribution < 1.29 is 9.90 Å². The maximum atomic E-state index is 10.2. The Hall–Kier alpha value is -1.91. The Morgan fingerprint density at radius 3 is 1.68 bits per heavy atom. The molecule has 0 atom stereocenters. The summed E-state index contributed by atoms with van der Waals surface area (Å²) in [5, 5.41) is 14.8. The molecule has 0 unspecified atom stereocenters. The number of allylic oxidation sites excluding steroid dienone is 9. The van der Waals surface area contributed by atoms with Crippen molar-refractivity contribution in [2.45, 2.75) is 58.3 Å². The highest BCUT2D eigenvalue weighted by Gasteiger charge is 1.91. The zero-order valence-corrected chi connectivity index (χ0v) is 17.6. The zero-order valence-electron chi connectivity index (χ0n) is 17.6. The van der Waals surface area contributed by atoms with Crippen LogP contribution < -0.4 is 10.6 Å². The summed E-state index contributed by atoms with van der Waals surface area (Å²) in [7, 11) is 0. The number of piperazine rings is 1. The minimum absolute atomic E-state index is 0.931. The van der Waals surface area contributed by atoms with Crippen LogP contribution in [0, 0.1) is 0 Å². The molecule has 0 aromatic heterocycles. The van der Waals surface area contributed by atoms with Gasteiger partial charge in [0, 0.05) is 32.3 Å². The predicted octanol–water partition coefficient (Wildman–Crippen LogP) is 5.17. The van der Waals surface area contributed by atoms with Crippen LogP contribution >= 0.6 is 0 Å². The fraction of sp³-hybridized carbons (Fsp3) is 0.542. The van der Waals surface area contributed by atoms with E-state index in [1.54, 1.807) is 12.2 Å². The average molecular weight is 389 g/mol. The lowest BCUT2D eigenvalue weighted by atomic mass is 10.1. The standard InChI is InChI=1S/C20H30O2.C4H10N2/c1-2-3-4-5-6-7-8-9-10-11-12-13-14-15-16-17-18-19-20(21)22;1-2-6-4-3-5-1/h10-19H,2-9H2,1H3,(H,21,22);5-6H,1-4H2/b11-10+,13-12+,15-14+,17-16+,19-18+;. The van der Waals surface area contributed by atoms with E-state index in [1.165, 1.54) is 51.0 Å². The zero-order chi connectivity index (χ0) is 20.5. The Labute approximate surface area is 172 Å². The molecule has 1 rings (SSSR count). The number of hydrogen-bond donors (Lipinski definition) is 3. The normalized spacial score (nSPS) is 15.2. The van der Waals surface area contributed by atoms with E-state index in [0.717, 1.165) is 38.7 Å². The first-order valence-corrected chi connectivity index (χ1v) is 10.7. The molecule has 28 heavy (non-hydrogen) atoms. The lowest BCUT2D eigenvalue weighted by Crippen LogP contribution is -2.39. The lowest BCUT2D eigenvalue weighted by molar-refractivity contribution is -0.131. The number of aliphatic carboxylic acids is 1. The highest BCUT2D eigenvalue weighted by atomic mass is 16.4. The minimum atomic E-state index is -0.931. The van der Waals surface area contributed by atoms with Crippen LogP contribution in [0.3, 0.4) is 0 Å². The van der Waals surface area contributed by atoms with Crippen molar-refractivity contribution in [2.24, 2.45) is 0 Å². The van der Waals surface area contributed by atoms with Crippen molar-refractivity contribution in [3.05, 3.63) is 60.8 Å². The van der Waals surface area contributed by atoms with E-state index in [0.29, 0.717) is 0 Å². The fourth-order valence-corrected chi connectivity index (χ4v) is 2.52. The summed E-state index contributed by atoms with van der Waals surface area (Å²) in [5.41, 5.74) is 0. The molecule has 1 saturated heterocycles. The second kappa shape index (κ2) is 23.1. The molecule has 1 aliphatic heterocycles. The second-order valence-electron chi connectivity index (χ2n) is 6.69. The van der Waals surface area contributed by atoms with Gasteiger partial charge < -0.3 is 15.7 Å². The van der Waals surface area contributed by atoms with Crippen LogP contribution in [-0.4, -0.2) is 37.3 Å². The summed E-state index contributed by atoms with van der Waals surface area (Å²) in [4.78, 5) is 10.2. The predicted molar refractivity (Wildman–Crippen MR) is 122 cm³/mol. The molecular weight excluding hydrogens is 348 g/mol. The van der Waals surface area contributed by atoms with Crippen molar-refractivity contribution in [1.29, 1.82) is 0 Å². The van der Waals surface area contributed by atoms with Gasteiger partial charge in [-0.3, -0.25) is 0 Å². The third-order valence-electron chi connectivity index (χ3n) is 4.08. The van der Waals surface area contributed by atoms with Crippen LogP contribution in [0.5, 0.6) is 0 Å². The molecular formula is C24H40N2O2. The van der Waals surface area contributed by atoms with Gasteiger partial charge in [-0.25, -0.2) is 4.79 Å². The number of carbonyl (C=O) groups is 1. The fourth-order valence-electron chi connectivity index (χ4n) is 2.52. The van der Waals surface area contributed by atoms with E-state index in [1.807, 2.05) is 24.3 Å². The molecule has 0 spiro atoms. The molecule has 0 aromatic carbocycles. The van der Waals surface area contributed by atoms with Crippen LogP contribution in [0.1, 0.15) is 58.3 Å². The lowest BCUT2D eigenvalue weighted by Gasteiger charge is -2.11. The van der Waals surface area contributed by atoms with E-state index in [2.05, 4.69) is 29.7 Å². The van der Waals surface area contributed by atoms with Crippen LogP contribution in [-0.2, 0) is 4.79 Å². The number of rotatable bonds is 13. The molecule has 1 aliphatic rings. The minimum Gasteiger partial charge on any atom is -0.478 e. The van der Waals surface area contributed by atoms with E-state index in [-0.39, 0.29) is 0 Å². The summed E-state index contributed by atoms with van der Waals surface area (Å²) in [5.74, 6) is -0.931. The van der Waals surface area contributed by atoms with E-state index in [9.17, 15) is 4.79 Å². The number of carboxylic acids is 1. The van der Waals surface area contributed by atoms with Gasteiger partial charge in [-0.1, -0.05) is 100 Å². The van der Waals surface area contributed by atoms with Crippen molar-refractivity contribution >= 4 is 5.97 Å². The van der Waals surface area contributed by atoms with Gasteiger partial charge in [0.2, 0.25) is 0 Å². The summed E-state index contributed by atoms with van der Waals surface area (Å²) in [6.45, 7) is 6.81. The third kappa shape index (κ3) is 24.1. The molecule has 0 bridgehead atoms. The van der Waals surface area contributed by atoms with Crippen molar-refractivity contribution in [1.82, 2.24) is 10.6 Å². The second-order valence-corrected chi connectivity index (χ2v) is 6.69. The first-order chi connectivity index (χ1) is 13.8. The number of hydrogen-bond acceptors (Lipinski definition) is 3. The van der Waals surface area contributed by atoms with Crippen LogP contribution in [0.4, 0.5) is 0 Å². The summed E-state index contributed by atoms with van der Waals surface area (Å²) >= 11 is 0. The Morgan fingerprint density at radius 2 is 1.18 bits per heavy atom. The number of carboxylic acid groups (broad SMARTS) is 1. The smallest absolute Gasteiger partial charge is 0.328 e. The Bertz CT molecular complexity index is 475. The number of unbranched alkanes of at least 4 members (excludes halogenated alkanes) is 7. The summed E-state index contributed by atoms with van der Waals surface area (Å²) < 4.78 is 0. The Kier molecular flexibility index (Phi) is 21.6. The molecule has 0 saturated carbocycles. The Morgan fingerprint density at radius 1 is 0.714 bits per heavy atom. The molecule has 0 amide bonds. The van der Waals surface area contributed by atoms with Gasteiger partial charge in [0.1, 0.15) is 0 Å². The maximum absolute atomic E-state index is 10.2. The van der Waals surface area contributed by atoms with Crippen LogP contribution in [0.15, 0.2) is 60.8 Å². The van der Waals surface area contributed by atoms with Gasteiger partial charge in [0.05, 0.1) is 0 Å². The molecule has 4 heteroatoms. The quantitative estimate of drug-likeness (QED) is 0.231. The van der Waals surface area contributed by atoms with Gasteiger partial charge >= 0.3 is 5.97 Å². The van der Waals surface area contributed by atoms with Gasteiger partial charge in [-0.05, 0) is 12.8 Å². The maximum Gasteiger partial charge on any atom is 0.328 e. The average Bonchev–Trinajstić information content (AvgIpc) is 2.72. The van der Waals surface area contributed by atoms with E-state index < -0.39 is 5.97 Å².